The molecular weight excluding hydrogens is 566 g/mol. The summed E-state index contributed by atoms with van der Waals surface area (Å²) in [5.41, 5.74) is 2.93. The maximum Gasteiger partial charge on any atom is 0.244 e. The summed E-state index contributed by atoms with van der Waals surface area (Å²) in [6, 6.07) is 21.1. The standard InChI is InChI=1S/C33H41N3O6S/c1-24-12-8-9-15-26(24)22-35(30(20-25-13-6-5-7-14-25)33(38)34-27-16-10-11-17-27)32(37)23-36(43(4,39)40)29-19-18-28(41-2)21-31(29)42-3/h5-9,12-15,18-19,21,27,30H,10-11,16-17,20,22-23H2,1-4H3,(H,34,38)/t30-/m0/s1. The van der Waals surface area contributed by atoms with E-state index in [9.17, 15) is 18.0 Å². The van der Waals surface area contributed by atoms with Crippen molar-refractivity contribution in [1.29, 1.82) is 0 Å². The second kappa shape index (κ2) is 14.4. The van der Waals surface area contributed by atoms with Gasteiger partial charge in [-0.2, -0.15) is 0 Å². The van der Waals surface area contributed by atoms with Gasteiger partial charge < -0.3 is 19.7 Å². The van der Waals surface area contributed by atoms with Crippen molar-refractivity contribution >= 4 is 27.5 Å². The minimum absolute atomic E-state index is 0.0530. The molecule has 0 bridgehead atoms. The summed E-state index contributed by atoms with van der Waals surface area (Å²) in [6.07, 6.45) is 5.22. The molecule has 0 radical (unpaired) electrons. The van der Waals surface area contributed by atoms with E-state index in [1.165, 1.54) is 19.1 Å². The third-order valence-corrected chi connectivity index (χ3v) is 9.04. The lowest BCUT2D eigenvalue weighted by Crippen LogP contribution is -2.54. The van der Waals surface area contributed by atoms with Crippen LogP contribution in [0.5, 0.6) is 11.5 Å². The normalized spacial score (nSPS) is 14.1. The van der Waals surface area contributed by atoms with Crippen molar-refractivity contribution in [3.63, 3.8) is 0 Å². The van der Waals surface area contributed by atoms with E-state index < -0.39 is 28.5 Å². The van der Waals surface area contributed by atoms with Crippen LogP contribution in [0, 0.1) is 6.92 Å². The van der Waals surface area contributed by atoms with Gasteiger partial charge in [-0.25, -0.2) is 8.42 Å². The molecule has 0 saturated heterocycles. The molecular formula is C33H41N3O6S. The molecule has 9 nitrogen and oxygen atoms in total. The van der Waals surface area contributed by atoms with Crippen LogP contribution < -0.4 is 19.1 Å². The lowest BCUT2D eigenvalue weighted by Gasteiger charge is -2.34. The minimum Gasteiger partial charge on any atom is -0.497 e. The fraction of sp³-hybridized carbons (Fsp3) is 0.394. The van der Waals surface area contributed by atoms with Crippen LogP contribution in [0.1, 0.15) is 42.4 Å². The SMILES string of the molecule is COc1ccc(N(CC(=O)N(Cc2ccccc2C)[C@@H](Cc2ccccc2)C(=O)NC2CCCC2)S(C)(=O)=O)c(OC)c1. The Balaban J connectivity index is 1.76. The van der Waals surface area contributed by atoms with Crippen LogP contribution in [0.2, 0.25) is 0 Å². The Kier molecular flexibility index (Phi) is 10.7. The van der Waals surface area contributed by atoms with Crippen LogP contribution in [-0.4, -0.2) is 64.2 Å². The first-order valence-corrected chi connectivity index (χ1v) is 16.3. The number of carbonyl (C=O) groups excluding carboxylic acids is 2. The zero-order valence-electron chi connectivity index (χ0n) is 25.3. The van der Waals surface area contributed by atoms with Gasteiger partial charge in [0.25, 0.3) is 0 Å². The lowest BCUT2D eigenvalue weighted by atomic mass is 10.0. The van der Waals surface area contributed by atoms with Crippen molar-refractivity contribution in [2.45, 2.75) is 57.7 Å². The van der Waals surface area contributed by atoms with Gasteiger partial charge in [-0.15, -0.1) is 0 Å². The van der Waals surface area contributed by atoms with Gasteiger partial charge in [0.15, 0.2) is 0 Å². The Bertz CT molecular complexity index is 1510. The molecule has 1 saturated carbocycles. The Morgan fingerprint density at radius 3 is 2.26 bits per heavy atom. The Morgan fingerprint density at radius 2 is 1.63 bits per heavy atom. The van der Waals surface area contributed by atoms with Crippen molar-refractivity contribution in [3.8, 4) is 11.5 Å². The topological polar surface area (TPSA) is 105 Å². The average Bonchev–Trinajstić information content (AvgIpc) is 3.51. The van der Waals surface area contributed by atoms with Gasteiger partial charge in [0.2, 0.25) is 21.8 Å². The number of hydrogen-bond acceptors (Lipinski definition) is 6. The zero-order chi connectivity index (χ0) is 31.0. The molecule has 230 valence electrons. The number of aryl methyl sites for hydroxylation is 1. The highest BCUT2D eigenvalue weighted by Crippen LogP contribution is 2.34. The molecule has 2 amide bonds. The van der Waals surface area contributed by atoms with E-state index in [0.717, 1.165) is 52.9 Å². The summed E-state index contributed by atoms with van der Waals surface area (Å²) >= 11 is 0. The number of ether oxygens (including phenoxy) is 2. The predicted octanol–water partition coefficient (Wildman–Crippen LogP) is 4.48. The smallest absolute Gasteiger partial charge is 0.244 e. The van der Waals surface area contributed by atoms with E-state index in [-0.39, 0.29) is 36.4 Å². The molecule has 4 rings (SSSR count). The largest absolute Gasteiger partial charge is 0.497 e. The second-order valence-corrected chi connectivity index (χ2v) is 12.9. The highest BCUT2D eigenvalue weighted by Gasteiger charge is 2.35. The van der Waals surface area contributed by atoms with Crippen LogP contribution >= 0.6 is 0 Å². The number of methoxy groups -OCH3 is 2. The fourth-order valence-electron chi connectivity index (χ4n) is 5.48. The summed E-state index contributed by atoms with van der Waals surface area (Å²) in [6.45, 7) is 1.57. The van der Waals surface area contributed by atoms with Crippen molar-refractivity contribution in [3.05, 3.63) is 89.5 Å². The van der Waals surface area contributed by atoms with Crippen LogP contribution in [0.25, 0.3) is 0 Å². The number of sulfonamides is 1. The molecule has 43 heavy (non-hydrogen) atoms. The van der Waals surface area contributed by atoms with E-state index in [1.54, 1.807) is 18.2 Å². The number of amides is 2. The molecule has 1 fully saturated rings. The highest BCUT2D eigenvalue weighted by molar-refractivity contribution is 7.92. The number of nitrogens with one attached hydrogen (secondary N) is 1. The molecule has 1 N–H and O–H groups in total. The third kappa shape index (κ3) is 8.28. The van der Waals surface area contributed by atoms with E-state index in [4.69, 9.17) is 9.47 Å². The Labute approximate surface area is 254 Å². The Hall–Kier alpha value is -4.05. The van der Waals surface area contributed by atoms with Crippen molar-refractivity contribution < 1.29 is 27.5 Å². The fourth-order valence-corrected chi connectivity index (χ4v) is 6.33. The van der Waals surface area contributed by atoms with Gasteiger partial charge in [0.1, 0.15) is 24.1 Å². The number of benzene rings is 3. The zero-order valence-corrected chi connectivity index (χ0v) is 26.1. The first-order chi connectivity index (χ1) is 20.6. The molecule has 0 heterocycles. The van der Waals surface area contributed by atoms with Crippen LogP contribution in [0.15, 0.2) is 72.8 Å². The molecule has 0 aliphatic heterocycles. The summed E-state index contributed by atoms with van der Waals surface area (Å²) in [7, 11) is -1.01. The molecule has 0 unspecified atom stereocenters. The van der Waals surface area contributed by atoms with Crippen LogP contribution in [0.4, 0.5) is 5.69 Å². The van der Waals surface area contributed by atoms with Gasteiger partial charge in [-0.3, -0.25) is 13.9 Å². The number of anilines is 1. The lowest BCUT2D eigenvalue weighted by molar-refractivity contribution is -0.140. The number of rotatable bonds is 13. The monoisotopic (exact) mass is 607 g/mol. The quantitative estimate of drug-likeness (QED) is 0.307. The maximum atomic E-state index is 14.4. The van der Waals surface area contributed by atoms with E-state index in [1.807, 2.05) is 61.5 Å². The summed E-state index contributed by atoms with van der Waals surface area (Å²) in [5.74, 6) is -0.0319. The molecule has 3 aromatic rings. The Morgan fingerprint density at radius 1 is 0.953 bits per heavy atom. The van der Waals surface area contributed by atoms with E-state index in [0.29, 0.717) is 5.75 Å². The average molecular weight is 608 g/mol. The summed E-state index contributed by atoms with van der Waals surface area (Å²) in [4.78, 5) is 29.9. The number of nitrogens with zero attached hydrogens (tertiary/aromatic N) is 2. The van der Waals surface area contributed by atoms with Crippen LogP contribution in [0.3, 0.4) is 0 Å². The summed E-state index contributed by atoms with van der Waals surface area (Å²) < 4.78 is 38.1. The van der Waals surface area contributed by atoms with E-state index >= 15 is 0 Å². The minimum atomic E-state index is -3.94. The molecule has 10 heteroatoms. The predicted molar refractivity (Wildman–Crippen MR) is 168 cm³/mol. The van der Waals surface area contributed by atoms with Gasteiger partial charge >= 0.3 is 0 Å². The van der Waals surface area contributed by atoms with E-state index in [2.05, 4.69) is 5.32 Å². The molecule has 0 spiro atoms. The van der Waals surface area contributed by atoms with Crippen molar-refractivity contribution in [1.82, 2.24) is 10.2 Å². The first kappa shape index (κ1) is 31.9. The molecule has 1 atom stereocenters. The van der Waals surface area contributed by atoms with Gasteiger partial charge in [0.05, 0.1) is 26.2 Å². The van der Waals surface area contributed by atoms with Crippen molar-refractivity contribution in [2.24, 2.45) is 0 Å². The van der Waals surface area contributed by atoms with Gasteiger partial charge in [-0.05, 0) is 48.6 Å². The second-order valence-electron chi connectivity index (χ2n) is 11.0. The molecule has 1 aliphatic carbocycles. The van der Waals surface area contributed by atoms with Crippen LogP contribution in [-0.2, 0) is 32.6 Å². The number of carbonyl (C=O) groups is 2. The first-order valence-electron chi connectivity index (χ1n) is 14.5. The van der Waals surface area contributed by atoms with Gasteiger partial charge in [0, 0.05) is 25.1 Å². The third-order valence-electron chi connectivity index (χ3n) is 7.91. The molecule has 3 aromatic carbocycles. The summed E-state index contributed by atoms with van der Waals surface area (Å²) in [5, 5.41) is 3.18. The van der Waals surface area contributed by atoms with Crippen molar-refractivity contribution in [2.75, 3.05) is 31.3 Å². The molecule has 0 aromatic heterocycles. The van der Waals surface area contributed by atoms with Gasteiger partial charge in [-0.1, -0.05) is 67.4 Å². The number of hydrogen-bond donors (Lipinski definition) is 1. The molecule has 1 aliphatic rings. The maximum absolute atomic E-state index is 14.4. The highest BCUT2D eigenvalue weighted by atomic mass is 32.2.